The van der Waals surface area contributed by atoms with E-state index in [0.717, 1.165) is 0 Å². The van der Waals surface area contributed by atoms with E-state index >= 15 is 0 Å². The van der Waals surface area contributed by atoms with Crippen LogP contribution in [0.1, 0.15) is 52.7 Å². The molecule has 166 valence electrons. The van der Waals surface area contributed by atoms with Crippen LogP contribution in [0.5, 0.6) is 0 Å². The highest BCUT2D eigenvalue weighted by molar-refractivity contribution is 7.22. The van der Waals surface area contributed by atoms with E-state index in [2.05, 4.69) is 140 Å². The Morgan fingerprint density at radius 3 is 1.00 bits per heavy atom. The van der Waals surface area contributed by atoms with Crippen molar-refractivity contribution in [2.24, 2.45) is 0 Å². The molecule has 0 amide bonds. The summed E-state index contributed by atoms with van der Waals surface area (Å²) < 4.78 is 0. The maximum Gasteiger partial charge on any atom is 0.120 e. The van der Waals surface area contributed by atoms with Gasteiger partial charge in [0.05, 0.1) is 0 Å². The van der Waals surface area contributed by atoms with E-state index in [1.165, 1.54) is 11.1 Å². The Hall–Kier alpha value is -2.17. The fraction of sp³-hybridized carbons (Fsp3) is 0.333. The Balaban J connectivity index is 2.30. The quantitative estimate of drug-likeness (QED) is 0.350. The van der Waals surface area contributed by atoms with E-state index in [4.69, 9.17) is 0 Å². The first kappa shape index (κ1) is 23.0. The molecule has 32 heavy (non-hydrogen) atoms. The molecule has 1 aliphatic rings. The summed E-state index contributed by atoms with van der Waals surface area (Å²) in [5.74, 6) is 0. The minimum Gasteiger partial charge on any atom is -0.0627 e. The van der Waals surface area contributed by atoms with E-state index in [1.54, 1.807) is 20.8 Å². The zero-order valence-electron chi connectivity index (χ0n) is 21.1. The summed E-state index contributed by atoms with van der Waals surface area (Å²) in [6, 6.07) is 32.2. The smallest absolute Gasteiger partial charge is 0.0627 e. The van der Waals surface area contributed by atoms with Crippen molar-refractivity contribution >= 4 is 36.9 Å². The molecular formula is C30H38Si2. The predicted molar refractivity (Wildman–Crippen MR) is 148 cm³/mol. The van der Waals surface area contributed by atoms with Gasteiger partial charge in [-0.05, 0) is 31.6 Å². The standard InChI is InChI=1S/C30H38Si2/c1-29(2,3)31(7)25-21-15-16-22-26(25)32(8,30(4,5)6)28(24-19-13-10-14-20-24)27(31)23-17-11-9-12-18-23/h9-22H,1-8H3/t31-,32-/m0/s1. The minimum absolute atomic E-state index is 0.182. The van der Waals surface area contributed by atoms with Gasteiger partial charge in [0.2, 0.25) is 0 Å². The minimum atomic E-state index is -2.13. The van der Waals surface area contributed by atoms with Crippen molar-refractivity contribution in [1.29, 1.82) is 0 Å². The van der Waals surface area contributed by atoms with Crippen molar-refractivity contribution in [3.8, 4) is 0 Å². The molecule has 0 saturated carbocycles. The number of rotatable bonds is 2. The van der Waals surface area contributed by atoms with Crippen LogP contribution < -0.4 is 10.4 Å². The normalized spacial score (nSPS) is 23.8. The topological polar surface area (TPSA) is 0 Å². The third kappa shape index (κ3) is 3.22. The third-order valence-electron chi connectivity index (χ3n) is 8.38. The molecule has 0 radical (unpaired) electrons. The summed E-state index contributed by atoms with van der Waals surface area (Å²) in [5.41, 5.74) is 2.85. The fourth-order valence-corrected chi connectivity index (χ4v) is 17.3. The second-order valence-electron chi connectivity index (χ2n) is 11.8. The van der Waals surface area contributed by atoms with Gasteiger partial charge in [0, 0.05) is 0 Å². The Morgan fingerprint density at radius 1 is 0.438 bits per heavy atom. The van der Waals surface area contributed by atoms with Crippen molar-refractivity contribution in [1.82, 2.24) is 0 Å². The van der Waals surface area contributed by atoms with Crippen LogP contribution in [0, 0.1) is 0 Å². The second-order valence-corrected chi connectivity index (χ2v) is 21.4. The molecule has 2 atom stereocenters. The van der Waals surface area contributed by atoms with Gasteiger partial charge in [0.25, 0.3) is 0 Å². The first-order valence-electron chi connectivity index (χ1n) is 11.9. The van der Waals surface area contributed by atoms with Crippen LogP contribution in [0.15, 0.2) is 84.9 Å². The molecule has 4 rings (SSSR count). The highest BCUT2D eigenvalue weighted by atomic mass is 28.3. The Morgan fingerprint density at radius 2 is 0.719 bits per heavy atom. The van der Waals surface area contributed by atoms with E-state index in [9.17, 15) is 0 Å². The van der Waals surface area contributed by atoms with Crippen LogP contribution >= 0.6 is 0 Å². The van der Waals surface area contributed by atoms with Crippen LogP contribution in [0.3, 0.4) is 0 Å². The number of fused-ring (bicyclic) bond motifs is 1. The molecule has 2 heteroatoms. The van der Waals surface area contributed by atoms with Crippen LogP contribution in [0.2, 0.25) is 23.2 Å². The van der Waals surface area contributed by atoms with Crippen molar-refractivity contribution in [2.75, 3.05) is 0 Å². The number of benzene rings is 3. The molecule has 0 fully saturated rings. The van der Waals surface area contributed by atoms with Crippen molar-refractivity contribution in [3.05, 3.63) is 96.1 Å². The molecule has 3 aromatic rings. The lowest BCUT2D eigenvalue weighted by Crippen LogP contribution is -2.71. The second kappa shape index (κ2) is 7.71. The monoisotopic (exact) mass is 454 g/mol. The zero-order chi connectivity index (χ0) is 23.4. The summed E-state index contributed by atoms with van der Waals surface area (Å²) in [6.07, 6.45) is 0. The Bertz CT molecular complexity index is 1050. The first-order valence-corrected chi connectivity index (χ1v) is 16.9. The van der Waals surface area contributed by atoms with Crippen LogP contribution in [0.25, 0.3) is 10.4 Å². The highest BCUT2D eigenvalue weighted by Gasteiger charge is 2.58. The summed E-state index contributed by atoms with van der Waals surface area (Å²) >= 11 is 0. The van der Waals surface area contributed by atoms with Crippen molar-refractivity contribution in [2.45, 2.75) is 64.7 Å². The summed E-state index contributed by atoms with van der Waals surface area (Å²) in [4.78, 5) is 0. The highest BCUT2D eigenvalue weighted by Crippen LogP contribution is 2.55. The number of hydrogen-bond acceptors (Lipinski definition) is 0. The van der Waals surface area contributed by atoms with Crippen molar-refractivity contribution in [3.63, 3.8) is 0 Å². The lowest BCUT2D eigenvalue weighted by atomic mass is 10.1. The van der Waals surface area contributed by atoms with Gasteiger partial charge in [-0.25, -0.2) is 0 Å². The molecule has 0 nitrogen and oxygen atoms in total. The lowest BCUT2D eigenvalue weighted by Gasteiger charge is -2.55. The first-order chi connectivity index (χ1) is 14.9. The van der Waals surface area contributed by atoms with Gasteiger partial charge in [-0.1, -0.05) is 150 Å². The van der Waals surface area contributed by atoms with Gasteiger partial charge in [-0.15, -0.1) is 0 Å². The molecule has 0 saturated heterocycles. The van der Waals surface area contributed by atoms with E-state index < -0.39 is 16.1 Å². The lowest BCUT2D eigenvalue weighted by molar-refractivity contribution is 0.729. The maximum atomic E-state index is 2.63. The Kier molecular flexibility index (Phi) is 5.54. The third-order valence-corrected chi connectivity index (χ3v) is 21.0. The summed E-state index contributed by atoms with van der Waals surface area (Å²) in [6.45, 7) is 20.1. The fourth-order valence-electron chi connectivity index (χ4n) is 5.76. The van der Waals surface area contributed by atoms with E-state index in [0.29, 0.717) is 0 Å². The molecule has 0 spiro atoms. The molecule has 3 aromatic carbocycles. The zero-order valence-corrected chi connectivity index (χ0v) is 23.1. The molecule has 1 aliphatic heterocycles. The molecule has 0 aliphatic carbocycles. The van der Waals surface area contributed by atoms with Crippen LogP contribution in [-0.2, 0) is 0 Å². The summed E-state index contributed by atoms with van der Waals surface area (Å²) in [5, 5.41) is 7.02. The Labute approximate surface area is 197 Å². The maximum absolute atomic E-state index is 2.63. The van der Waals surface area contributed by atoms with Crippen molar-refractivity contribution < 1.29 is 0 Å². The largest absolute Gasteiger partial charge is 0.120 e. The average Bonchev–Trinajstić information content (AvgIpc) is 2.75. The molecular weight excluding hydrogens is 417 g/mol. The SMILES string of the molecule is CC(C)(C)[Si@]1(C)C(c2ccccc2)=C(c2ccccc2)[Si@@](C)(C(C)(C)C)c2ccccc21. The molecule has 0 unspecified atom stereocenters. The van der Waals surface area contributed by atoms with Crippen LogP contribution in [0.4, 0.5) is 0 Å². The van der Waals surface area contributed by atoms with Gasteiger partial charge in [-0.2, -0.15) is 0 Å². The number of hydrogen-bond donors (Lipinski definition) is 0. The average molecular weight is 455 g/mol. The van der Waals surface area contributed by atoms with Gasteiger partial charge in [0.1, 0.15) is 16.1 Å². The molecule has 0 N–H and O–H groups in total. The van der Waals surface area contributed by atoms with Gasteiger partial charge < -0.3 is 0 Å². The summed E-state index contributed by atoms with van der Waals surface area (Å²) in [7, 11) is -4.26. The molecule has 1 heterocycles. The van der Waals surface area contributed by atoms with Gasteiger partial charge in [-0.3, -0.25) is 0 Å². The molecule has 0 bridgehead atoms. The predicted octanol–water partition coefficient (Wildman–Crippen LogP) is 7.56. The van der Waals surface area contributed by atoms with Gasteiger partial charge in [0.15, 0.2) is 0 Å². The van der Waals surface area contributed by atoms with E-state index in [-0.39, 0.29) is 10.1 Å². The van der Waals surface area contributed by atoms with E-state index in [1.807, 2.05) is 0 Å². The van der Waals surface area contributed by atoms with Crippen LogP contribution in [-0.4, -0.2) is 16.1 Å². The van der Waals surface area contributed by atoms with Gasteiger partial charge >= 0.3 is 0 Å². The molecule has 0 aromatic heterocycles.